The van der Waals surface area contributed by atoms with E-state index in [4.69, 9.17) is 0 Å². The van der Waals surface area contributed by atoms with Crippen molar-refractivity contribution in [2.75, 3.05) is 26.7 Å². The lowest BCUT2D eigenvalue weighted by Crippen LogP contribution is -2.40. The molecule has 0 atom stereocenters. The van der Waals surface area contributed by atoms with Crippen LogP contribution in [-0.4, -0.2) is 42.5 Å². The molecule has 0 spiro atoms. The molecule has 1 aliphatic heterocycles. The van der Waals surface area contributed by atoms with Crippen molar-refractivity contribution in [1.82, 2.24) is 15.2 Å². The normalized spacial score (nSPS) is 15.5. The standard InChI is InChI=1S/C13H22N4S.HI/c1-3-11-10-16-12(18-11)6-7-15-13(14-2)17-8-4-5-9-17;/h10H,3-9H2,1-2H3,(H,14,15);1H. The van der Waals surface area contributed by atoms with E-state index in [0.29, 0.717) is 0 Å². The highest BCUT2D eigenvalue weighted by molar-refractivity contribution is 14.0. The Labute approximate surface area is 136 Å². The van der Waals surface area contributed by atoms with Gasteiger partial charge >= 0.3 is 0 Å². The van der Waals surface area contributed by atoms with Crippen molar-refractivity contribution in [3.8, 4) is 0 Å². The van der Waals surface area contributed by atoms with Crippen LogP contribution in [0.2, 0.25) is 0 Å². The zero-order chi connectivity index (χ0) is 12.8. The number of hydrogen-bond acceptors (Lipinski definition) is 3. The number of aryl methyl sites for hydroxylation is 1. The van der Waals surface area contributed by atoms with Crippen LogP contribution < -0.4 is 5.32 Å². The second-order valence-electron chi connectivity index (χ2n) is 4.49. The first-order valence-electron chi connectivity index (χ1n) is 6.72. The number of thiazole rings is 1. The monoisotopic (exact) mass is 394 g/mol. The molecule has 2 rings (SSSR count). The number of guanidine groups is 1. The number of aromatic nitrogens is 1. The molecule has 1 N–H and O–H groups in total. The summed E-state index contributed by atoms with van der Waals surface area (Å²) in [6.45, 7) is 5.36. The molecule has 19 heavy (non-hydrogen) atoms. The number of aliphatic imine (C=N–C) groups is 1. The Balaban J connectivity index is 0.00000180. The summed E-state index contributed by atoms with van der Waals surface area (Å²) in [5.74, 6) is 1.04. The Morgan fingerprint density at radius 3 is 2.79 bits per heavy atom. The summed E-state index contributed by atoms with van der Waals surface area (Å²) in [4.78, 5) is 12.5. The fourth-order valence-electron chi connectivity index (χ4n) is 2.17. The molecule has 2 heterocycles. The van der Waals surface area contributed by atoms with Gasteiger partial charge in [0.2, 0.25) is 0 Å². The Kier molecular flexibility index (Phi) is 7.67. The molecular formula is C13H23IN4S. The van der Waals surface area contributed by atoms with E-state index in [-0.39, 0.29) is 24.0 Å². The number of likely N-dealkylation sites (tertiary alicyclic amines) is 1. The summed E-state index contributed by atoms with van der Waals surface area (Å²) >= 11 is 1.82. The predicted molar refractivity (Wildman–Crippen MR) is 92.8 cm³/mol. The highest BCUT2D eigenvalue weighted by Gasteiger charge is 2.15. The van der Waals surface area contributed by atoms with E-state index in [9.17, 15) is 0 Å². The Morgan fingerprint density at radius 2 is 2.21 bits per heavy atom. The molecule has 6 heteroatoms. The van der Waals surface area contributed by atoms with Crippen molar-refractivity contribution < 1.29 is 0 Å². The second-order valence-corrected chi connectivity index (χ2v) is 5.69. The van der Waals surface area contributed by atoms with Gasteiger partial charge in [0.05, 0.1) is 5.01 Å². The number of hydrogen-bond donors (Lipinski definition) is 1. The van der Waals surface area contributed by atoms with Gasteiger partial charge in [-0.1, -0.05) is 6.92 Å². The van der Waals surface area contributed by atoms with Crippen molar-refractivity contribution in [2.24, 2.45) is 4.99 Å². The van der Waals surface area contributed by atoms with E-state index >= 15 is 0 Å². The molecule has 0 aliphatic carbocycles. The maximum Gasteiger partial charge on any atom is 0.193 e. The molecule has 0 aromatic carbocycles. The first kappa shape index (κ1) is 16.7. The molecule has 0 saturated carbocycles. The van der Waals surface area contributed by atoms with Gasteiger partial charge in [0.1, 0.15) is 0 Å². The van der Waals surface area contributed by atoms with E-state index in [1.54, 1.807) is 0 Å². The zero-order valence-corrected chi connectivity index (χ0v) is 14.8. The van der Waals surface area contributed by atoms with Crippen molar-refractivity contribution in [1.29, 1.82) is 0 Å². The van der Waals surface area contributed by atoms with Crippen molar-refractivity contribution in [2.45, 2.75) is 32.6 Å². The molecule has 0 amide bonds. The first-order chi connectivity index (χ1) is 8.83. The molecule has 0 bridgehead atoms. The topological polar surface area (TPSA) is 40.5 Å². The van der Waals surface area contributed by atoms with Crippen LogP contribution in [0.4, 0.5) is 0 Å². The average Bonchev–Trinajstić information content (AvgIpc) is 3.05. The smallest absolute Gasteiger partial charge is 0.193 e. The molecule has 1 aromatic rings. The van der Waals surface area contributed by atoms with Crippen LogP contribution in [-0.2, 0) is 12.8 Å². The molecule has 1 aromatic heterocycles. The van der Waals surface area contributed by atoms with E-state index in [1.165, 1.54) is 22.7 Å². The highest BCUT2D eigenvalue weighted by atomic mass is 127. The van der Waals surface area contributed by atoms with Gasteiger partial charge in [-0.3, -0.25) is 4.99 Å². The number of rotatable bonds is 4. The number of nitrogens with zero attached hydrogens (tertiary/aromatic N) is 3. The fraction of sp³-hybridized carbons (Fsp3) is 0.692. The fourth-order valence-corrected chi connectivity index (χ4v) is 3.03. The van der Waals surface area contributed by atoms with Crippen molar-refractivity contribution >= 4 is 41.3 Å². The molecule has 1 aliphatic rings. The van der Waals surface area contributed by atoms with Gasteiger partial charge in [0, 0.05) is 44.2 Å². The minimum atomic E-state index is 0. The third-order valence-electron chi connectivity index (χ3n) is 3.19. The molecule has 108 valence electrons. The predicted octanol–water partition coefficient (Wildman–Crippen LogP) is 2.54. The van der Waals surface area contributed by atoms with Crippen molar-refractivity contribution in [3.63, 3.8) is 0 Å². The maximum atomic E-state index is 4.43. The van der Waals surface area contributed by atoms with Crippen LogP contribution in [0.5, 0.6) is 0 Å². The molecule has 1 saturated heterocycles. The second kappa shape index (κ2) is 8.73. The largest absolute Gasteiger partial charge is 0.356 e. The van der Waals surface area contributed by atoms with Crippen LogP contribution in [0, 0.1) is 0 Å². The summed E-state index contributed by atoms with van der Waals surface area (Å²) in [5, 5.41) is 4.65. The van der Waals surface area contributed by atoms with E-state index in [2.05, 4.69) is 27.1 Å². The molecular weight excluding hydrogens is 371 g/mol. The van der Waals surface area contributed by atoms with Crippen molar-refractivity contribution in [3.05, 3.63) is 16.1 Å². The van der Waals surface area contributed by atoms with E-state index in [1.807, 2.05) is 24.6 Å². The summed E-state index contributed by atoms with van der Waals surface area (Å²) in [7, 11) is 1.86. The lowest BCUT2D eigenvalue weighted by molar-refractivity contribution is 0.494. The Bertz CT molecular complexity index is 399. The molecule has 0 unspecified atom stereocenters. The van der Waals surface area contributed by atoms with E-state index in [0.717, 1.165) is 38.4 Å². The lowest BCUT2D eigenvalue weighted by atomic mass is 10.4. The Morgan fingerprint density at radius 1 is 1.47 bits per heavy atom. The number of nitrogens with one attached hydrogen (secondary N) is 1. The van der Waals surface area contributed by atoms with Gasteiger partial charge in [-0.25, -0.2) is 4.98 Å². The van der Waals surface area contributed by atoms with Gasteiger partial charge < -0.3 is 10.2 Å². The quantitative estimate of drug-likeness (QED) is 0.485. The van der Waals surface area contributed by atoms with Gasteiger partial charge in [0.25, 0.3) is 0 Å². The van der Waals surface area contributed by atoms with Gasteiger partial charge in [-0.2, -0.15) is 0 Å². The molecule has 4 nitrogen and oxygen atoms in total. The van der Waals surface area contributed by atoms with Gasteiger partial charge in [0.15, 0.2) is 5.96 Å². The summed E-state index contributed by atoms with van der Waals surface area (Å²) in [6.07, 6.45) is 6.63. The maximum absolute atomic E-state index is 4.43. The summed E-state index contributed by atoms with van der Waals surface area (Å²) in [5.41, 5.74) is 0. The highest BCUT2D eigenvalue weighted by Crippen LogP contribution is 2.13. The third kappa shape index (κ3) is 4.91. The minimum Gasteiger partial charge on any atom is -0.356 e. The van der Waals surface area contributed by atoms with Crippen LogP contribution in [0.15, 0.2) is 11.2 Å². The van der Waals surface area contributed by atoms with Crippen LogP contribution in [0.3, 0.4) is 0 Å². The summed E-state index contributed by atoms with van der Waals surface area (Å²) < 4.78 is 0. The van der Waals surface area contributed by atoms with Crippen LogP contribution >= 0.6 is 35.3 Å². The van der Waals surface area contributed by atoms with Gasteiger partial charge in [-0.05, 0) is 19.3 Å². The molecule has 1 fully saturated rings. The lowest BCUT2D eigenvalue weighted by Gasteiger charge is -2.20. The first-order valence-corrected chi connectivity index (χ1v) is 7.54. The Hall–Kier alpha value is -0.370. The van der Waals surface area contributed by atoms with E-state index < -0.39 is 0 Å². The van der Waals surface area contributed by atoms with Crippen LogP contribution in [0.1, 0.15) is 29.7 Å². The minimum absolute atomic E-state index is 0. The molecule has 0 radical (unpaired) electrons. The SMILES string of the molecule is CCc1cnc(CCNC(=NC)N2CCCC2)s1.I. The number of halogens is 1. The van der Waals surface area contributed by atoms with Crippen LogP contribution in [0.25, 0.3) is 0 Å². The zero-order valence-electron chi connectivity index (χ0n) is 11.7. The summed E-state index contributed by atoms with van der Waals surface area (Å²) in [6, 6.07) is 0. The van der Waals surface area contributed by atoms with Gasteiger partial charge in [-0.15, -0.1) is 35.3 Å². The third-order valence-corrected chi connectivity index (χ3v) is 4.39. The average molecular weight is 394 g/mol.